The topological polar surface area (TPSA) is 58.0 Å². The molecule has 4 aromatic heterocycles. The van der Waals surface area contributed by atoms with Crippen LogP contribution in [0.25, 0.3) is 188 Å². The summed E-state index contributed by atoms with van der Waals surface area (Å²) in [4.78, 5) is 23.6. The van der Waals surface area contributed by atoms with E-state index < -0.39 is 0 Å². The van der Waals surface area contributed by atoms with Crippen molar-refractivity contribution in [1.82, 2.24) is 19.9 Å². The van der Waals surface area contributed by atoms with Crippen LogP contribution in [0.2, 0.25) is 0 Å². The van der Waals surface area contributed by atoms with Crippen LogP contribution in [-0.2, 0) is 0 Å². The Morgan fingerprint density at radius 1 is 0.167 bits per heavy atom. The summed E-state index contributed by atoms with van der Waals surface area (Å²) in [5.74, 6) is 0.791. The minimum Gasteiger partial charge on any atom is -0.309 e. The number of hydrogen-bond donors (Lipinski definition) is 0. The van der Waals surface area contributed by atoms with E-state index in [0.29, 0.717) is 0 Å². The van der Waals surface area contributed by atoms with E-state index in [1.807, 2.05) is 55.4 Å². The molecule has 0 atom stereocenters. The molecule has 0 spiro atoms. The van der Waals surface area contributed by atoms with Crippen molar-refractivity contribution in [2.24, 2.45) is 0 Å². The van der Waals surface area contributed by atoms with Crippen molar-refractivity contribution >= 4 is 77.3 Å². The fourth-order valence-corrected chi connectivity index (χ4v) is 18.3. The molecule has 114 heavy (non-hydrogen) atoms. The van der Waals surface area contributed by atoms with Crippen LogP contribution in [0.15, 0.2) is 413 Å². The van der Waals surface area contributed by atoms with Gasteiger partial charge in [0.25, 0.3) is 0 Å². The van der Waals surface area contributed by atoms with Crippen LogP contribution in [0.4, 0.5) is 34.3 Å². The van der Waals surface area contributed by atoms with Crippen molar-refractivity contribution in [2.75, 3.05) is 9.80 Å². The molecule has 4 heterocycles. The van der Waals surface area contributed by atoms with Gasteiger partial charge in [-0.1, -0.05) is 279 Å². The molecule has 0 saturated heterocycles. The van der Waals surface area contributed by atoms with Gasteiger partial charge in [-0.15, -0.1) is 0 Å². The Kier molecular flexibility index (Phi) is 15.8. The van der Waals surface area contributed by atoms with Gasteiger partial charge in [-0.05, 0) is 273 Å². The minimum atomic E-state index is 0.791. The molecule has 0 aliphatic heterocycles. The summed E-state index contributed by atoms with van der Waals surface area (Å²) in [5.41, 5.74) is 35.6. The predicted molar refractivity (Wildman–Crippen MR) is 475 cm³/mol. The maximum absolute atomic E-state index is 5.52. The number of fused-ring (bicyclic) bond motifs is 8. The number of anilines is 6. The molecule has 0 unspecified atom stereocenters. The average Bonchev–Trinajstić information content (AvgIpc) is 1.53. The van der Waals surface area contributed by atoms with E-state index in [2.05, 4.69) is 383 Å². The van der Waals surface area contributed by atoms with Crippen molar-refractivity contribution in [3.05, 3.63) is 413 Å². The standard InChI is InChI=1S/C108H68N6/c1-5-22-71(23-6-1)99-90-37-13-14-38-91(90)100(72-24-7-2-8-25-72)107-95-56-55-87(89-39-17-41-93(103(89)95)105(99)107)77-31-16-35-84(63-77)114(82-51-45-70(46-52-82)79-33-20-60-110-66-79)98-58-48-80(67-112-98)75-47-53-92-97(64-75)102(74-28-11-4-12-29-74)106-94-42-18-40-88-86(54-57-96(104(88)94)108(106)101(92)73-26-9-3-10-27-73)76-30-15-34-83(62-76)113(85-36-21-61-111-68-85)81-49-43-69(44-50-81)78-32-19-59-109-65-78/h1-68H. The first-order valence-electron chi connectivity index (χ1n) is 38.9. The normalized spacial score (nSPS) is 11.7. The first-order chi connectivity index (χ1) is 56.6. The number of aromatic nitrogens is 4. The minimum absolute atomic E-state index is 0.791. The number of rotatable bonds is 15. The molecule has 16 aromatic carbocycles. The molecule has 0 saturated carbocycles. The zero-order chi connectivity index (χ0) is 75.2. The molecule has 6 heteroatoms. The third kappa shape index (κ3) is 10.9. The molecule has 6 nitrogen and oxygen atoms in total. The lowest BCUT2D eigenvalue weighted by Gasteiger charge is -2.26. The highest BCUT2D eigenvalue weighted by atomic mass is 15.2. The maximum atomic E-state index is 5.52. The third-order valence-electron chi connectivity index (χ3n) is 23.2. The van der Waals surface area contributed by atoms with Crippen LogP contribution in [0.5, 0.6) is 0 Å². The smallest absolute Gasteiger partial charge is 0.137 e. The summed E-state index contributed by atoms with van der Waals surface area (Å²) in [7, 11) is 0. The number of benzene rings is 16. The van der Waals surface area contributed by atoms with E-state index in [9.17, 15) is 0 Å². The number of hydrogen-bond acceptors (Lipinski definition) is 6. The number of nitrogens with zero attached hydrogens (tertiary/aromatic N) is 6. The lowest BCUT2D eigenvalue weighted by molar-refractivity contribution is 1.18. The summed E-state index contributed by atoms with van der Waals surface area (Å²) in [6.45, 7) is 0. The van der Waals surface area contributed by atoms with Gasteiger partial charge in [0, 0.05) is 65.5 Å². The highest BCUT2D eigenvalue weighted by Gasteiger charge is 2.34. The molecule has 0 fully saturated rings. The molecule has 22 rings (SSSR count). The second-order valence-electron chi connectivity index (χ2n) is 29.5. The quantitative estimate of drug-likeness (QED) is 0.102. The molecule has 0 bridgehead atoms. The van der Waals surface area contributed by atoms with Crippen LogP contribution >= 0.6 is 0 Å². The monoisotopic (exact) mass is 1450 g/mol. The Hall–Kier alpha value is -15.2. The average molecular weight is 1450 g/mol. The lowest BCUT2D eigenvalue weighted by atomic mass is 9.82. The Bertz CT molecular complexity index is 7050. The molecule has 0 N–H and O–H groups in total. The molecular formula is C108H68N6. The fourth-order valence-electron chi connectivity index (χ4n) is 18.3. The van der Waals surface area contributed by atoms with Gasteiger partial charge >= 0.3 is 0 Å². The zero-order valence-electron chi connectivity index (χ0n) is 61.9. The van der Waals surface area contributed by atoms with E-state index in [1.54, 1.807) is 0 Å². The summed E-state index contributed by atoms with van der Waals surface area (Å²) in [5, 5.41) is 9.77. The van der Waals surface area contributed by atoms with E-state index in [4.69, 9.17) is 4.98 Å². The van der Waals surface area contributed by atoms with Gasteiger partial charge in [0.2, 0.25) is 0 Å². The van der Waals surface area contributed by atoms with Gasteiger partial charge < -0.3 is 4.90 Å². The van der Waals surface area contributed by atoms with E-state index in [-0.39, 0.29) is 0 Å². The lowest BCUT2D eigenvalue weighted by Crippen LogP contribution is -2.11. The van der Waals surface area contributed by atoms with Crippen molar-refractivity contribution in [3.63, 3.8) is 0 Å². The molecule has 2 aliphatic carbocycles. The van der Waals surface area contributed by atoms with Crippen LogP contribution in [-0.4, -0.2) is 19.9 Å². The van der Waals surface area contributed by atoms with Crippen LogP contribution in [0, 0.1) is 0 Å². The zero-order valence-corrected chi connectivity index (χ0v) is 61.9. The highest BCUT2D eigenvalue weighted by molar-refractivity contribution is 6.31. The molecule has 2 aliphatic rings. The Labute approximate surface area is 660 Å². The van der Waals surface area contributed by atoms with Gasteiger partial charge in [0.15, 0.2) is 0 Å². The van der Waals surface area contributed by atoms with E-state index in [1.165, 1.54) is 127 Å². The third-order valence-corrected chi connectivity index (χ3v) is 23.2. The largest absolute Gasteiger partial charge is 0.309 e. The van der Waals surface area contributed by atoms with E-state index >= 15 is 0 Å². The SMILES string of the molecule is c1ccc(-c2c3c(c(-c4ccccc4)c4ccccc24)-c2ccc(-c4cccc(N(c5ccc(-c6cccnc6)cc5)c5ccc(-c6ccc7c(-c8ccccc8)c8c(c(-c9ccccc9)c7c6)-c6cccc7c(-c9cccc(N(c%10ccc(-c%11cccnc%11)cc%10)c%10cccnc%10)c9)ccc-8c67)cn5)c4)c4cccc-3c24)cc1. The van der Waals surface area contributed by atoms with Crippen LogP contribution < -0.4 is 9.80 Å². The van der Waals surface area contributed by atoms with Crippen molar-refractivity contribution in [1.29, 1.82) is 0 Å². The van der Waals surface area contributed by atoms with Gasteiger partial charge in [0.05, 0.1) is 11.9 Å². The Morgan fingerprint density at radius 3 is 0.965 bits per heavy atom. The first kappa shape index (κ1) is 65.8. The molecule has 0 radical (unpaired) electrons. The summed E-state index contributed by atoms with van der Waals surface area (Å²) in [6, 6.07) is 136. The second-order valence-corrected chi connectivity index (χ2v) is 29.5. The predicted octanol–water partition coefficient (Wildman–Crippen LogP) is 29.1. The number of pyridine rings is 4. The van der Waals surface area contributed by atoms with Crippen LogP contribution in [0.3, 0.4) is 0 Å². The molecular weight excluding hydrogens is 1380 g/mol. The van der Waals surface area contributed by atoms with Crippen LogP contribution in [0.1, 0.15) is 0 Å². The second kappa shape index (κ2) is 27.4. The Morgan fingerprint density at radius 2 is 0.518 bits per heavy atom. The van der Waals surface area contributed by atoms with Crippen molar-refractivity contribution < 1.29 is 0 Å². The van der Waals surface area contributed by atoms with Crippen molar-refractivity contribution in [3.8, 4) is 145 Å². The maximum Gasteiger partial charge on any atom is 0.137 e. The van der Waals surface area contributed by atoms with Gasteiger partial charge in [-0.25, -0.2) is 4.98 Å². The molecule has 20 aromatic rings. The Balaban J connectivity index is 0.669. The van der Waals surface area contributed by atoms with Gasteiger partial charge in [-0.2, -0.15) is 0 Å². The molecule has 530 valence electrons. The first-order valence-corrected chi connectivity index (χ1v) is 38.9. The highest BCUT2D eigenvalue weighted by Crippen LogP contribution is 2.61. The summed E-state index contributed by atoms with van der Waals surface area (Å²) < 4.78 is 0. The van der Waals surface area contributed by atoms with E-state index in [0.717, 1.165) is 95.5 Å². The van der Waals surface area contributed by atoms with Crippen molar-refractivity contribution in [2.45, 2.75) is 0 Å². The summed E-state index contributed by atoms with van der Waals surface area (Å²) >= 11 is 0. The summed E-state index contributed by atoms with van der Waals surface area (Å²) in [6.07, 6.45) is 13.3. The fraction of sp³-hybridized carbons (Fsp3) is 0. The molecule has 0 amide bonds. The van der Waals surface area contributed by atoms with Gasteiger partial charge in [0.1, 0.15) is 5.82 Å². The van der Waals surface area contributed by atoms with Gasteiger partial charge in [-0.3, -0.25) is 19.9 Å².